The molecule has 0 unspecified atom stereocenters. The molecule has 0 spiro atoms. The monoisotopic (exact) mass is 174 g/mol. The Bertz CT molecular complexity index is 212. The maximum atomic E-state index is 5.44. The minimum absolute atomic E-state index is 0.511. The number of ether oxygens (including phenoxy) is 1. The number of alkyl halides is 1. The van der Waals surface area contributed by atoms with Gasteiger partial charge in [-0.2, -0.15) is 5.10 Å². The van der Waals surface area contributed by atoms with Gasteiger partial charge in [-0.05, 0) is 6.92 Å². The molecular weight excluding hydrogens is 164 g/mol. The highest BCUT2D eigenvalue weighted by Gasteiger charge is 1.95. The molecule has 0 atom stereocenters. The minimum atomic E-state index is 0.511. The summed E-state index contributed by atoms with van der Waals surface area (Å²) in [5.74, 6) is 1.30. The van der Waals surface area contributed by atoms with Gasteiger partial charge >= 0.3 is 0 Å². The number of aromatic nitrogens is 2. The van der Waals surface area contributed by atoms with Crippen molar-refractivity contribution in [2.24, 2.45) is 0 Å². The molecule has 1 aromatic heterocycles. The molecule has 0 aliphatic rings. The summed E-state index contributed by atoms with van der Waals surface area (Å²) in [4.78, 5) is 0. The molecule has 3 nitrogen and oxygen atoms in total. The molecule has 0 amide bonds. The van der Waals surface area contributed by atoms with E-state index in [0.29, 0.717) is 12.5 Å². The summed E-state index contributed by atoms with van der Waals surface area (Å²) in [6, 6.07) is 0. The Kier molecular flexibility index (Phi) is 3.23. The van der Waals surface area contributed by atoms with Crippen LogP contribution in [0.2, 0.25) is 0 Å². The topological polar surface area (TPSA) is 27.1 Å². The Morgan fingerprint density at radius 1 is 1.73 bits per heavy atom. The fourth-order valence-electron chi connectivity index (χ4n) is 0.749. The van der Waals surface area contributed by atoms with Gasteiger partial charge in [0.2, 0.25) is 0 Å². The number of rotatable bonds is 4. The molecule has 4 heteroatoms. The molecule has 0 saturated heterocycles. The zero-order valence-electron chi connectivity index (χ0n) is 6.46. The van der Waals surface area contributed by atoms with Gasteiger partial charge in [0.05, 0.1) is 18.3 Å². The van der Waals surface area contributed by atoms with Crippen LogP contribution in [-0.2, 0) is 6.54 Å². The van der Waals surface area contributed by atoms with Crippen LogP contribution in [0.15, 0.2) is 12.4 Å². The smallest absolute Gasteiger partial charge is 0.157 e. The number of hydrogen-bond acceptors (Lipinski definition) is 2. The van der Waals surface area contributed by atoms with Crippen molar-refractivity contribution in [3.63, 3.8) is 0 Å². The van der Waals surface area contributed by atoms with Gasteiger partial charge in [0.1, 0.15) is 6.61 Å². The van der Waals surface area contributed by atoms with Crippen LogP contribution < -0.4 is 4.74 Å². The summed E-state index contributed by atoms with van der Waals surface area (Å²) in [7, 11) is 0. The van der Waals surface area contributed by atoms with Crippen molar-refractivity contribution in [2.75, 3.05) is 12.5 Å². The maximum absolute atomic E-state index is 5.44. The molecule has 1 rings (SSSR count). The third kappa shape index (κ3) is 2.42. The summed E-state index contributed by atoms with van der Waals surface area (Å²) >= 11 is 5.44. The summed E-state index contributed by atoms with van der Waals surface area (Å²) in [6.07, 6.45) is 3.54. The van der Waals surface area contributed by atoms with E-state index in [9.17, 15) is 0 Å². The normalized spacial score (nSPS) is 10.0. The third-order valence-corrected chi connectivity index (χ3v) is 1.43. The van der Waals surface area contributed by atoms with Crippen LogP contribution in [0.1, 0.15) is 6.92 Å². The van der Waals surface area contributed by atoms with Gasteiger partial charge in [0.25, 0.3) is 0 Å². The van der Waals surface area contributed by atoms with Gasteiger partial charge < -0.3 is 4.74 Å². The van der Waals surface area contributed by atoms with Crippen LogP contribution in [0, 0.1) is 0 Å². The first-order chi connectivity index (χ1) is 5.36. The lowest BCUT2D eigenvalue weighted by Gasteiger charge is -1.97. The predicted octanol–water partition coefficient (Wildman–Crippen LogP) is 1.52. The zero-order valence-corrected chi connectivity index (χ0v) is 7.21. The van der Waals surface area contributed by atoms with Crippen molar-refractivity contribution in [2.45, 2.75) is 13.5 Å². The van der Waals surface area contributed by atoms with Crippen molar-refractivity contribution in [1.29, 1.82) is 0 Å². The first-order valence-corrected chi connectivity index (χ1v) is 4.11. The van der Waals surface area contributed by atoms with E-state index in [1.165, 1.54) is 0 Å². The highest BCUT2D eigenvalue weighted by molar-refractivity contribution is 6.17. The second-order valence-electron chi connectivity index (χ2n) is 2.07. The SMILES string of the molecule is CCn1cc(OCCCl)cn1. The number of aryl methyl sites for hydroxylation is 1. The molecule has 0 radical (unpaired) electrons. The van der Waals surface area contributed by atoms with E-state index < -0.39 is 0 Å². The minimum Gasteiger partial charge on any atom is -0.489 e. The second kappa shape index (κ2) is 4.23. The molecule has 0 aromatic carbocycles. The molecule has 1 heterocycles. The molecule has 62 valence electrons. The lowest BCUT2D eigenvalue weighted by Crippen LogP contribution is -1.97. The molecule has 0 fully saturated rings. The largest absolute Gasteiger partial charge is 0.489 e. The Labute approximate surface area is 70.9 Å². The second-order valence-corrected chi connectivity index (χ2v) is 2.45. The predicted molar refractivity (Wildman–Crippen MR) is 44.1 cm³/mol. The average molecular weight is 175 g/mol. The fourth-order valence-corrected chi connectivity index (χ4v) is 0.826. The van der Waals surface area contributed by atoms with Gasteiger partial charge in [-0.15, -0.1) is 11.6 Å². The zero-order chi connectivity index (χ0) is 8.10. The quantitative estimate of drug-likeness (QED) is 0.648. The van der Waals surface area contributed by atoms with Crippen LogP contribution in [0.4, 0.5) is 0 Å². The van der Waals surface area contributed by atoms with Gasteiger partial charge in [-0.25, -0.2) is 0 Å². The van der Waals surface area contributed by atoms with Crippen LogP contribution in [0.5, 0.6) is 5.75 Å². The highest BCUT2D eigenvalue weighted by Crippen LogP contribution is 2.07. The van der Waals surface area contributed by atoms with Crippen molar-refractivity contribution in [3.05, 3.63) is 12.4 Å². The van der Waals surface area contributed by atoms with Crippen molar-refractivity contribution >= 4 is 11.6 Å². The van der Waals surface area contributed by atoms with Crippen LogP contribution in [0.3, 0.4) is 0 Å². The van der Waals surface area contributed by atoms with Gasteiger partial charge in [0, 0.05) is 6.54 Å². The third-order valence-electron chi connectivity index (χ3n) is 1.28. The van der Waals surface area contributed by atoms with Crippen molar-refractivity contribution < 1.29 is 4.74 Å². The molecule has 1 aromatic rings. The number of nitrogens with zero attached hydrogens (tertiary/aromatic N) is 2. The first-order valence-electron chi connectivity index (χ1n) is 3.58. The van der Waals surface area contributed by atoms with Gasteiger partial charge in [-0.3, -0.25) is 4.68 Å². The van der Waals surface area contributed by atoms with E-state index in [2.05, 4.69) is 5.10 Å². The van der Waals surface area contributed by atoms with Crippen LogP contribution in [0.25, 0.3) is 0 Å². The Hall–Kier alpha value is -0.700. The molecule has 0 aliphatic carbocycles. The lowest BCUT2D eigenvalue weighted by molar-refractivity contribution is 0.342. The Morgan fingerprint density at radius 2 is 2.55 bits per heavy atom. The Balaban J connectivity index is 2.44. The molecule has 0 bridgehead atoms. The van der Waals surface area contributed by atoms with Crippen molar-refractivity contribution in [1.82, 2.24) is 9.78 Å². The standard InChI is InChI=1S/C7H11ClN2O/c1-2-10-6-7(5-9-10)11-4-3-8/h5-6H,2-4H2,1H3. The Morgan fingerprint density at radius 3 is 3.09 bits per heavy atom. The fraction of sp³-hybridized carbons (Fsp3) is 0.571. The first kappa shape index (κ1) is 8.40. The average Bonchev–Trinajstić information content (AvgIpc) is 2.48. The molecule has 0 N–H and O–H groups in total. The van der Waals surface area contributed by atoms with E-state index in [4.69, 9.17) is 16.3 Å². The van der Waals surface area contributed by atoms with E-state index in [-0.39, 0.29) is 0 Å². The van der Waals surface area contributed by atoms with E-state index >= 15 is 0 Å². The van der Waals surface area contributed by atoms with E-state index in [1.807, 2.05) is 17.8 Å². The molecule has 0 aliphatic heterocycles. The van der Waals surface area contributed by atoms with Gasteiger partial charge in [-0.1, -0.05) is 0 Å². The number of halogens is 1. The van der Waals surface area contributed by atoms with Crippen molar-refractivity contribution in [3.8, 4) is 5.75 Å². The van der Waals surface area contributed by atoms with Gasteiger partial charge in [0.15, 0.2) is 5.75 Å². The summed E-state index contributed by atoms with van der Waals surface area (Å²) < 4.78 is 7.03. The molecular formula is C7H11ClN2O. The van der Waals surface area contributed by atoms with Crippen LogP contribution >= 0.6 is 11.6 Å². The summed E-state index contributed by atoms with van der Waals surface area (Å²) in [5.41, 5.74) is 0. The lowest BCUT2D eigenvalue weighted by atomic mass is 10.6. The summed E-state index contributed by atoms with van der Waals surface area (Å²) in [5, 5.41) is 4.04. The number of hydrogen-bond donors (Lipinski definition) is 0. The molecule has 0 saturated carbocycles. The summed E-state index contributed by atoms with van der Waals surface area (Å²) in [6.45, 7) is 3.43. The molecule has 11 heavy (non-hydrogen) atoms. The maximum Gasteiger partial charge on any atom is 0.157 e. The van der Waals surface area contributed by atoms with E-state index in [0.717, 1.165) is 12.3 Å². The van der Waals surface area contributed by atoms with E-state index in [1.54, 1.807) is 6.20 Å². The highest BCUT2D eigenvalue weighted by atomic mass is 35.5. The van der Waals surface area contributed by atoms with Crippen LogP contribution in [-0.4, -0.2) is 22.3 Å².